The van der Waals surface area contributed by atoms with E-state index in [1.807, 2.05) is 29.6 Å². The van der Waals surface area contributed by atoms with Gasteiger partial charge in [0.05, 0.1) is 28.1 Å². The van der Waals surface area contributed by atoms with Crippen LogP contribution in [0.2, 0.25) is 10.0 Å². The summed E-state index contributed by atoms with van der Waals surface area (Å²) in [7, 11) is -3.12. The Kier molecular flexibility index (Phi) is 5.24. The first-order chi connectivity index (χ1) is 12.9. The number of nitrogens with zero attached hydrogens (tertiary/aromatic N) is 1. The minimum absolute atomic E-state index is 0.00656. The Labute approximate surface area is 175 Å². The Balaban J connectivity index is 1.74. The molecule has 142 valence electrons. The summed E-state index contributed by atoms with van der Waals surface area (Å²) in [5, 5.41) is 3.45. The Morgan fingerprint density at radius 3 is 2.67 bits per heavy atom. The van der Waals surface area contributed by atoms with E-state index in [4.69, 9.17) is 23.2 Å². The molecule has 27 heavy (non-hydrogen) atoms. The second kappa shape index (κ2) is 7.37. The van der Waals surface area contributed by atoms with Gasteiger partial charge in [0.1, 0.15) is 4.88 Å². The highest BCUT2D eigenvalue weighted by atomic mass is 35.5. The summed E-state index contributed by atoms with van der Waals surface area (Å²) in [6.45, 7) is 0.370. The van der Waals surface area contributed by atoms with E-state index in [1.54, 1.807) is 22.3 Å². The number of carbonyl (C=O) groups is 1. The number of thiophene rings is 2. The first kappa shape index (κ1) is 19.2. The van der Waals surface area contributed by atoms with Crippen LogP contribution in [0, 0.1) is 0 Å². The second-order valence-electron chi connectivity index (χ2n) is 6.43. The van der Waals surface area contributed by atoms with Crippen molar-refractivity contribution in [1.29, 1.82) is 0 Å². The SMILES string of the molecule is O=C(c1sc2cccc(Cl)c2c1Cl)N(Cc1cccs1)C1CCS(=O)(=O)C1. The molecule has 0 bridgehead atoms. The van der Waals surface area contributed by atoms with Crippen molar-refractivity contribution >= 4 is 71.7 Å². The van der Waals surface area contributed by atoms with Crippen molar-refractivity contribution < 1.29 is 13.2 Å². The van der Waals surface area contributed by atoms with Gasteiger partial charge in [0.2, 0.25) is 0 Å². The van der Waals surface area contributed by atoms with Gasteiger partial charge >= 0.3 is 0 Å². The zero-order valence-corrected chi connectivity index (χ0v) is 18.0. The smallest absolute Gasteiger partial charge is 0.266 e. The molecular weight excluding hydrogens is 445 g/mol. The summed E-state index contributed by atoms with van der Waals surface area (Å²) in [6, 6.07) is 8.94. The number of hydrogen-bond acceptors (Lipinski definition) is 5. The first-order valence-corrected chi connectivity index (χ1v) is 12.5. The Hall–Kier alpha value is -1.12. The maximum absolute atomic E-state index is 13.4. The van der Waals surface area contributed by atoms with Crippen molar-refractivity contribution in [3.63, 3.8) is 0 Å². The molecule has 4 nitrogen and oxygen atoms in total. The highest BCUT2D eigenvalue weighted by molar-refractivity contribution is 7.91. The van der Waals surface area contributed by atoms with Crippen LogP contribution in [0.15, 0.2) is 35.7 Å². The second-order valence-corrected chi connectivity index (χ2v) is 11.5. The molecule has 0 spiro atoms. The molecule has 0 saturated carbocycles. The predicted molar refractivity (Wildman–Crippen MR) is 113 cm³/mol. The lowest BCUT2D eigenvalue weighted by atomic mass is 10.2. The standard InChI is InChI=1S/C18H15Cl2NO3S3/c19-13-4-1-5-14-15(13)16(20)17(26-14)18(22)21(9-12-3-2-7-25-12)11-6-8-27(23,24)10-11/h1-5,7,11H,6,8-10H2. The number of benzene rings is 1. The number of amides is 1. The van der Waals surface area contributed by atoms with Crippen molar-refractivity contribution in [1.82, 2.24) is 4.90 Å². The minimum atomic E-state index is -3.12. The van der Waals surface area contributed by atoms with Gasteiger partial charge in [-0.15, -0.1) is 22.7 Å². The van der Waals surface area contributed by atoms with Gasteiger partial charge < -0.3 is 4.90 Å². The van der Waals surface area contributed by atoms with Crippen LogP contribution in [0.3, 0.4) is 0 Å². The number of rotatable bonds is 4. The van der Waals surface area contributed by atoms with Gasteiger partial charge in [-0.05, 0) is 30.0 Å². The normalized spacial score (nSPS) is 18.8. The molecule has 3 aromatic rings. The highest BCUT2D eigenvalue weighted by Crippen LogP contribution is 2.40. The van der Waals surface area contributed by atoms with Crippen LogP contribution in [0.5, 0.6) is 0 Å². The predicted octanol–water partition coefficient (Wildman–Crippen LogP) is 5.10. The van der Waals surface area contributed by atoms with Crippen LogP contribution >= 0.6 is 45.9 Å². The van der Waals surface area contributed by atoms with Crippen molar-refractivity contribution in [3.05, 3.63) is 55.5 Å². The lowest BCUT2D eigenvalue weighted by Gasteiger charge is -2.27. The summed E-state index contributed by atoms with van der Waals surface area (Å²) >= 11 is 15.6. The zero-order valence-electron chi connectivity index (χ0n) is 14.0. The van der Waals surface area contributed by atoms with E-state index < -0.39 is 9.84 Å². The van der Waals surface area contributed by atoms with Gasteiger partial charge in [0.15, 0.2) is 9.84 Å². The molecule has 1 atom stereocenters. The van der Waals surface area contributed by atoms with E-state index in [0.29, 0.717) is 33.3 Å². The van der Waals surface area contributed by atoms with Crippen LogP contribution in [0.25, 0.3) is 10.1 Å². The van der Waals surface area contributed by atoms with Crippen LogP contribution in [-0.2, 0) is 16.4 Å². The number of sulfone groups is 1. The van der Waals surface area contributed by atoms with Crippen molar-refractivity contribution in [2.24, 2.45) is 0 Å². The van der Waals surface area contributed by atoms with Gasteiger partial charge in [-0.25, -0.2) is 8.42 Å². The van der Waals surface area contributed by atoms with Crippen LogP contribution < -0.4 is 0 Å². The number of fused-ring (bicyclic) bond motifs is 1. The summed E-state index contributed by atoms with van der Waals surface area (Å²) < 4.78 is 24.8. The summed E-state index contributed by atoms with van der Waals surface area (Å²) in [4.78, 5) is 16.4. The fourth-order valence-corrected chi connectivity index (χ4v) is 7.64. The summed E-state index contributed by atoms with van der Waals surface area (Å²) in [5.41, 5.74) is 0. The molecule has 4 rings (SSSR count). The summed E-state index contributed by atoms with van der Waals surface area (Å²) in [6.07, 6.45) is 0.447. The molecule has 1 aliphatic heterocycles. The topological polar surface area (TPSA) is 54.5 Å². The van der Waals surface area contributed by atoms with E-state index in [0.717, 1.165) is 9.58 Å². The fourth-order valence-electron chi connectivity index (χ4n) is 3.30. The van der Waals surface area contributed by atoms with Crippen molar-refractivity contribution in [2.45, 2.75) is 19.0 Å². The van der Waals surface area contributed by atoms with Crippen molar-refractivity contribution in [2.75, 3.05) is 11.5 Å². The van der Waals surface area contributed by atoms with E-state index in [1.165, 1.54) is 11.3 Å². The fraction of sp³-hybridized carbons (Fsp3) is 0.278. The van der Waals surface area contributed by atoms with Gasteiger partial charge in [0.25, 0.3) is 5.91 Å². The molecular formula is C18H15Cl2NO3S3. The molecule has 1 unspecified atom stereocenters. The third-order valence-corrected chi connectivity index (χ3v) is 9.18. The molecule has 9 heteroatoms. The Bertz CT molecular complexity index is 1110. The third kappa shape index (κ3) is 3.76. The van der Waals surface area contributed by atoms with Gasteiger partial charge in [-0.3, -0.25) is 4.79 Å². The van der Waals surface area contributed by atoms with E-state index >= 15 is 0 Å². The van der Waals surface area contributed by atoms with Gasteiger partial charge in [-0.2, -0.15) is 0 Å². The lowest BCUT2D eigenvalue weighted by molar-refractivity contribution is 0.0688. The highest BCUT2D eigenvalue weighted by Gasteiger charge is 2.36. The van der Waals surface area contributed by atoms with Crippen LogP contribution in [0.1, 0.15) is 21.0 Å². The lowest BCUT2D eigenvalue weighted by Crippen LogP contribution is -2.40. The van der Waals surface area contributed by atoms with Crippen LogP contribution in [0.4, 0.5) is 0 Å². The number of halogens is 2. The maximum Gasteiger partial charge on any atom is 0.266 e. The first-order valence-electron chi connectivity index (χ1n) is 8.26. The largest absolute Gasteiger partial charge is 0.329 e. The molecule has 3 heterocycles. The average molecular weight is 460 g/mol. The third-order valence-electron chi connectivity index (χ3n) is 4.62. The summed E-state index contributed by atoms with van der Waals surface area (Å²) in [5.74, 6) is -0.140. The average Bonchev–Trinajstić information content (AvgIpc) is 3.32. The number of carbonyl (C=O) groups excluding carboxylic acids is 1. The maximum atomic E-state index is 13.4. The molecule has 1 aromatic carbocycles. The quantitative estimate of drug-likeness (QED) is 0.545. The minimum Gasteiger partial charge on any atom is -0.329 e. The zero-order chi connectivity index (χ0) is 19.2. The Morgan fingerprint density at radius 2 is 2.04 bits per heavy atom. The molecule has 0 aliphatic carbocycles. The molecule has 1 saturated heterocycles. The molecule has 0 radical (unpaired) electrons. The molecule has 1 amide bonds. The molecule has 0 N–H and O–H groups in total. The van der Waals surface area contributed by atoms with Gasteiger partial charge in [-0.1, -0.05) is 35.3 Å². The monoisotopic (exact) mass is 459 g/mol. The molecule has 1 fully saturated rings. The van der Waals surface area contributed by atoms with E-state index in [-0.39, 0.29) is 23.5 Å². The van der Waals surface area contributed by atoms with Crippen molar-refractivity contribution in [3.8, 4) is 0 Å². The van der Waals surface area contributed by atoms with E-state index in [9.17, 15) is 13.2 Å². The Morgan fingerprint density at radius 1 is 1.22 bits per heavy atom. The van der Waals surface area contributed by atoms with Crippen LogP contribution in [-0.4, -0.2) is 36.8 Å². The molecule has 1 aliphatic rings. The van der Waals surface area contributed by atoms with E-state index in [2.05, 4.69) is 0 Å². The number of hydrogen-bond donors (Lipinski definition) is 0. The molecule has 2 aromatic heterocycles. The van der Waals surface area contributed by atoms with Gasteiger partial charge in [0, 0.05) is 21.0 Å².